The molecule has 100 valence electrons. The first-order valence-corrected chi connectivity index (χ1v) is 4.88. The van der Waals surface area contributed by atoms with Gasteiger partial charge in [0.2, 0.25) is 0 Å². The van der Waals surface area contributed by atoms with Crippen LogP contribution >= 0.6 is 0 Å². The normalized spacial score (nSPS) is 12.6. The predicted octanol–water partition coefficient (Wildman–Crippen LogP) is 3.86. The molecule has 0 unspecified atom stereocenters. The second kappa shape index (κ2) is 4.99. The lowest BCUT2D eigenvalue weighted by molar-refractivity contribution is -0.162. The summed E-state index contributed by atoms with van der Waals surface area (Å²) in [6, 6.07) is 2.23. The first-order chi connectivity index (χ1) is 8.18. The number of alkyl halides is 6. The summed E-state index contributed by atoms with van der Waals surface area (Å²) in [6.07, 6.45) is -10.5. The molecular weight excluding hydrogens is 262 g/mol. The quantitative estimate of drug-likeness (QED) is 0.602. The van der Waals surface area contributed by atoms with Gasteiger partial charge < -0.3 is 4.79 Å². The molecule has 0 aliphatic rings. The van der Waals surface area contributed by atoms with Crippen molar-refractivity contribution in [3.8, 4) is 0 Å². The summed E-state index contributed by atoms with van der Waals surface area (Å²) in [5, 5.41) is 0. The van der Waals surface area contributed by atoms with Gasteiger partial charge in [-0.1, -0.05) is 12.1 Å². The Hall–Kier alpha value is -1.53. The third kappa shape index (κ3) is 3.24. The fraction of sp³-hybridized carbons (Fsp3) is 0.364. The second-order valence-electron chi connectivity index (χ2n) is 3.54. The molecule has 18 heavy (non-hydrogen) atoms. The van der Waals surface area contributed by atoms with Gasteiger partial charge in [-0.2, -0.15) is 26.3 Å². The second-order valence-corrected chi connectivity index (χ2v) is 3.54. The number of halogens is 6. The molecule has 1 aromatic rings. The Bertz CT molecular complexity index is 432. The fourth-order valence-electron chi connectivity index (χ4n) is 1.59. The van der Waals surface area contributed by atoms with Crippen LogP contribution in [0.4, 0.5) is 26.3 Å². The van der Waals surface area contributed by atoms with Gasteiger partial charge in [-0.25, -0.2) is 0 Å². The summed E-state index contributed by atoms with van der Waals surface area (Å²) < 4.78 is 75.6. The number of hydrogen-bond acceptors (Lipinski definition) is 1. The van der Waals surface area contributed by atoms with Gasteiger partial charge in [-0.3, -0.25) is 0 Å². The van der Waals surface area contributed by atoms with Crippen molar-refractivity contribution >= 4 is 6.29 Å². The average molecular weight is 270 g/mol. The molecule has 0 fully saturated rings. The van der Waals surface area contributed by atoms with Gasteiger partial charge in [0.05, 0.1) is 11.1 Å². The molecule has 7 heteroatoms. The molecule has 0 spiro atoms. The third-order valence-corrected chi connectivity index (χ3v) is 2.27. The van der Waals surface area contributed by atoms with Gasteiger partial charge >= 0.3 is 12.4 Å². The number of benzene rings is 1. The highest BCUT2D eigenvalue weighted by atomic mass is 19.4. The highest BCUT2D eigenvalue weighted by Gasteiger charge is 2.44. The summed E-state index contributed by atoms with van der Waals surface area (Å²) in [5.41, 5.74) is -3.96. The third-order valence-electron chi connectivity index (χ3n) is 2.27. The van der Waals surface area contributed by atoms with Crippen LogP contribution in [0.15, 0.2) is 18.2 Å². The molecule has 0 amide bonds. The maximum Gasteiger partial charge on any atom is 0.417 e. The van der Waals surface area contributed by atoms with E-state index in [4.69, 9.17) is 0 Å². The summed E-state index contributed by atoms with van der Waals surface area (Å²) in [6.45, 7) is 0. The van der Waals surface area contributed by atoms with Crippen molar-refractivity contribution in [3.63, 3.8) is 0 Å². The molecule has 0 N–H and O–H groups in total. The van der Waals surface area contributed by atoms with Crippen LogP contribution in [0.25, 0.3) is 0 Å². The number of aryl methyl sites for hydroxylation is 1. The number of aldehydes is 1. The van der Waals surface area contributed by atoms with Crippen molar-refractivity contribution in [1.82, 2.24) is 0 Å². The SMILES string of the molecule is O=CCCc1cccc(C(F)(F)F)c1C(F)(F)F. The van der Waals surface area contributed by atoms with Crippen LogP contribution in [0.1, 0.15) is 23.1 Å². The minimum atomic E-state index is -5.11. The van der Waals surface area contributed by atoms with E-state index in [1.54, 1.807) is 0 Å². The van der Waals surface area contributed by atoms with Crippen molar-refractivity contribution in [2.24, 2.45) is 0 Å². The number of rotatable bonds is 3. The van der Waals surface area contributed by atoms with Gasteiger partial charge in [-0.05, 0) is 18.1 Å². The molecule has 0 aromatic heterocycles. The van der Waals surface area contributed by atoms with Crippen LogP contribution in [0, 0.1) is 0 Å². The lowest BCUT2D eigenvalue weighted by atomic mass is 9.97. The Kier molecular flexibility index (Phi) is 4.03. The van der Waals surface area contributed by atoms with E-state index in [1.807, 2.05) is 0 Å². The number of hydrogen-bond donors (Lipinski definition) is 0. The minimum Gasteiger partial charge on any atom is -0.303 e. The van der Waals surface area contributed by atoms with E-state index in [9.17, 15) is 31.1 Å². The number of carbonyl (C=O) groups excluding carboxylic acids is 1. The first kappa shape index (κ1) is 14.5. The summed E-state index contributed by atoms with van der Waals surface area (Å²) in [4.78, 5) is 10.1. The lowest BCUT2D eigenvalue weighted by Gasteiger charge is -2.18. The predicted molar refractivity (Wildman–Crippen MR) is 50.8 cm³/mol. The molecule has 1 nitrogen and oxygen atoms in total. The highest BCUT2D eigenvalue weighted by Crippen LogP contribution is 2.42. The van der Waals surface area contributed by atoms with E-state index in [0.29, 0.717) is 12.4 Å². The van der Waals surface area contributed by atoms with Crippen LogP contribution in [0.2, 0.25) is 0 Å². The van der Waals surface area contributed by atoms with E-state index >= 15 is 0 Å². The summed E-state index contributed by atoms with van der Waals surface area (Å²) in [5.74, 6) is 0. The first-order valence-electron chi connectivity index (χ1n) is 4.88. The van der Waals surface area contributed by atoms with E-state index in [-0.39, 0.29) is 12.8 Å². The van der Waals surface area contributed by atoms with E-state index in [0.717, 1.165) is 12.1 Å². The maximum atomic E-state index is 12.7. The van der Waals surface area contributed by atoms with E-state index < -0.39 is 29.0 Å². The Morgan fingerprint density at radius 3 is 2.06 bits per heavy atom. The van der Waals surface area contributed by atoms with Crippen LogP contribution < -0.4 is 0 Å². The highest BCUT2D eigenvalue weighted by molar-refractivity contribution is 5.51. The zero-order valence-corrected chi connectivity index (χ0v) is 8.90. The molecule has 0 saturated heterocycles. The molecule has 0 aliphatic carbocycles. The Labute approximate surface area is 98.4 Å². The average Bonchev–Trinajstić information content (AvgIpc) is 2.23. The Morgan fingerprint density at radius 2 is 1.61 bits per heavy atom. The van der Waals surface area contributed by atoms with Gasteiger partial charge in [0.15, 0.2) is 0 Å². The largest absolute Gasteiger partial charge is 0.417 e. The zero-order valence-electron chi connectivity index (χ0n) is 8.90. The smallest absolute Gasteiger partial charge is 0.303 e. The topological polar surface area (TPSA) is 17.1 Å². The molecule has 0 bridgehead atoms. The molecule has 0 radical (unpaired) electrons. The zero-order chi connectivity index (χ0) is 14.0. The number of carbonyl (C=O) groups is 1. The van der Waals surface area contributed by atoms with E-state index in [2.05, 4.69) is 0 Å². The van der Waals surface area contributed by atoms with Gasteiger partial charge in [0.25, 0.3) is 0 Å². The van der Waals surface area contributed by atoms with Crippen molar-refractivity contribution in [3.05, 3.63) is 34.9 Å². The molecule has 1 rings (SSSR count). The van der Waals surface area contributed by atoms with Gasteiger partial charge in [-0.15, -0.1) is 0 Å². The summed E-state index contributed by atoms with van der Waals surface area (Å²) in [7, 11) is 0. The lowest BCUT2D eigenvalue weighted by Crippen LogP contribution is -2.19. The Balaban J connectivity index is 3.40. The van der Waals surface area contributed by atoms with Crippen LogP contribution in [-0.4, -0.2) is 6.29 Å². The van der Waals surface area contributed by atoms with Gasteiger partial charge in [0.1, 0.15) is 6.29 Å². The van der Waals surface area contributed by atoms with Crippen molar-refractivity contribution < 1.29 is 31.1 Å². The molecule has 0 atom stereocenters. The standard InChI is InChI=1S/C11H8F6O/c12-10(13,14)8-5-1-3-7(4-2-6-18)9(8)11(15,16)17/h1,3,5-6H,2,4H2. The molecule has 0 aliphatic heterocycles. The maximum absolute atomic E-state index is 12.7. The molecular formula is C11H8F6O. The molecule has 0 saturated carbocycles. The molecule has 0 heterocycles. The minimum absolute atomic E-state index is 0.260. The van der Waals surface area contributed by atoms with Crippen LogP contribution in [0.3, 0.4) is 0 Å². The van der Waals surface area contributed by atoms with Crippen molar-refractivity contribution in [2.75, 3.05) is 0 Å². The van der Waals surface area contributed by atoms with Crippen molar-refractivity contribution in [1.29, 1.82) is 0 Å². The fourth-order valence-corrected chi connectivity index (χ4v) is 1.59. The van der Waals surface area contributed by atoms with Crippen molar-refractivity contribution in [2.45, 2.75) is 25.2 Å². The van der Waals surface area contributed by atoms with E-state index in [1.165, 1.54) is 0 Å². The van der Waals surface area contributed by atoms with Crippen LogP contribution in [0.5, 0.6) is 0 Å². The van der Waals surface area contributed by atoms with Crippen LogP contribution in [-0.2, 0) is 23.6 Å². The molecule has 1 aromatic carbocycles. The van der Waals surface area contributed by atoms with Gasteiger partial charge in [0, 0.05) is 6.42 Å². The summed E-state index contributed by atoms with van der Waals surface area (Å²) >= 11 is 0. The Morgan fingerprint density at radius 1 is 1.00 bits per heavy atom. The monoisotopic (exact) mass is 270 g/mol.